The minimum absolute atomic E-state index is 0. The fourth-order valence-electron chi connectivity index (χ4n) is 2.67. The fraction of sp³-hybridized carbons (Fsp3) is 0.357. The summed E-state index contributed by atoms with van der Waals surface area (Å²) in [5.74, 6) is 0. The lowest BCUT2D eigenvalue weighted by Gasteiger charge is -2.24. The predicted molar refractivity (Wildman–Crippen MR) is 90.3 cm³/mol. The van der Waals surface area contributed by atoms with Gasteiger partial charge in [-0.1, -0.05) is 28.1 Å². The van der Waals surface area contributed by atoms with Gasteiger partial charge >= 0.3 is 0 Å². The second-order valence-electron chi connectivity index (χ2n) is 4.84. The van der Waals surface area contributed by atoms with Crippen molar-refractivity contribution in [1.82, 2.24) is 9.88 Å². The molecule has 3 rings (SSSR count). The van der Waals surface area contributed by atoms with E-state index >= 15 is 0 Å². The molecular weight excluding hydrogens is 358 g/mol. The number of nitrogen functional groups attached to an aromatic ring is 1. The molecule has 0 radical (unpaired) electrons. The Morgan fingerprint density at radius 3 is 2.75 bits per heavy atom. The van der Waals surface area contributed by atoms with Gasteiger partial charge in [-0.2, -0.15) is 0 Å². The molecule has 3 nitrogen and oxygen atoms in total. The number of nitrogens with zero attached hydrogens (tertiary/aromatic N) is 2. The van der Waals surface area contributed by atoms with E-state index in [1.807, 2.05) is 6.20 Å². The number of nitrogens with two attached hydrogens (primary N) is 1. The highest BCUT2D eigenvalue weighted by molar-refractivity contribution is 9.10. The number of benzene rings is 1. The lowest BCUT2D eigenvalue weighted by Crippen LogP contribution is -2.22. The molecule has 1 unspecified atom stereocenters. The molecule has 108 valence electrons. The third-order valence-corrected chi connectivity index (χ3v) is 4.89. The Kier molecular flexibility index (Phi) is 5.43. The maximum Gasteiger partial charge on any atom is 0.180 e. The predicted octanol–water partition coefficient (Wildman–Crippen LogP) is 4.25. The van der Waals surface area contributed by atoms with Crippen molar-refractivity contribution in [2.75, 3.05) is 12.3 Å². The van der Waals surface area contributed by atoms with Gasteiger partial charge in [-0.25, -0.2) is 4.98 Å². The summed E-state index contributed by atoms with van der Waals surface area (Å²) in [6.45, 7) is 2.11. The van der Waals surface area contributed by atoms with Gasteiger partial charge in [0.2, 0.25) is 0 Å². The molecule has 1 fully saturated rings. The number of hydrogen-bond donors (Lipinski definition) is 1. The zero-order valence-corrected chi connectivity index (χ0v) is 14.2. The van der Waals surface area contributed by atoms with E-state index in [1.165, 1.54) is 23.3 Å². The van der Waals surface area contributed by atoms with Crippen LogP contribution in [0.25, 0.3) is 0 Å². The number of aromatic nitrogens is 1. The van der Waals surface area contributed by atoms with Crippen LogP contribution in [-0.2, 0) is 6.54 Å². The SMILES string of the molecule is Cl.Nc1ncc(CN2CCCC2c2ccc(Br)cc2)s1. The van der Waals surface area contributed by atoms with Crippen LogP contribution in [0.4, 0.5) is 5.13 Å². The minimum Gasteiger partial charge on any atom is -0.375 e. The molecule has 0 spiro atoms. The molecule has 1 aliphatic rings. The van der Waals surface area contributed by atoms with Gasteiger partial charge in [-0.3, -0.25) is 4.90 Å². The lowest BCUT2D eigenvalue weighted by molar-refractivity contribution is 0.250. The molecule has 1 atom stereocenters. The van der Waals surface area contributed by atoms with Crippen molar-refractivity contribution in [3.63, 3.8) is 0 Å². The summed E-state index contributed by atoms with van der Waals surface area (Å²) < 4.78 is 1.14. The molecule has 0 aliphatic carbocycles. The van der Waals surface area contributed by atoms with Crippen molar-refractivity contribution in [2.45, 2.75) is 25.4 Å². The third kappa shape index (κ3) is 3.52. The Labute approximate surface area is 137 Å². The monoisotopic (exact) mass is 373 g/mol. The Bertz CT molecular complexity index is 558. The van der Waals surface area contributed by atoms with Crippen LogP contribution in [0.1, 0.15) is 29.3 Å². The zero-order chi connectivity index (χ0) is 13.2. The highest BCUT2D eigenvalue weighted by Gasteiger charge is 2.26. The molecule has 6 heteroatoms. The zero-order valence-electron chi connectivity index (χ0n) is 11.0. The normalized spacial score (nSPS) is 18.9. The van der Waals surface area contributed by atoms with E-state index in [4.69, 9.17) is 5.73 Å². The summed E-state index contributed by atoms with van der Waals surface area (Å²) in [5.41, 5.74) is 7.10. The van der Waals surface area contributed by atoms with Crippen LogP contribution < -0.4 is 5.73 Å². The van der Waals surface area contributed by atoms with Crippen molar-refractivity contribution in [1.29, 1.82) is 0 Å². The Hall–Kier alpha value is -0.620. The van der Waals surface area contributed by atoms with Crippen molar-refractivity contribution >= 4 is 44.8 Å². The maximum absolute atomic E-state index is 5.70. The quantitative estimate of drug-likeness (QED) is 0.873. The van der Waals surface area contributed by atoms with E-state index in [9.17, 15) is 0 Å². The first kappa shape index (κ1) is 15.8. The Balaban J connectivity index is 0.00000147. The van der Waals surface area contributed by atoms with Crippen LogP contribution in [0.5, 0.6) is 0 Å². The van der Waals surface area contributed by atoms with Crippen LogP contribution in [0.2, 0.25) is 0 Å². The minimum atomic E-state index is 0. The van der Waals surface area contributed by atoms with Crippen molar-refractivity contribution in [3.8, 4) is 0 Å². The summed E-state index contributed by atoms with van der Waals surface area (Å²) >= 11 is 5.08. The number of likely N-dealkylation sites (tertiary alicyclic amines) is 1. The molecule has 2 heterocycles. The summed E-state index contributed by atoms with van der Waals surface area (Å²) in [7, 11) is 0. The van der Waals surface area contributed by atoms with Crippen molar-refractivity contribution in [2.24, 2.45) is 0 Å². The maximum atomic E-state index is 5.70. The average molecular weight is 375 g/mol. The fourth-order valence-corrected chi connectivity index (χ4v) is 3.65. The molecular formula is C14H17BrClN3S. The number of hydrogen-bond acceptors (Lipinski definition) is 4. The molecule has 0 bridgehead atoms. The van der Waals surface area contributed by atoms with Crippen molar-refractivity contribution < 1.29 is 0 Å². The topological polar surface area (TPSA) is 42.1 Å². The molecule has 2 aromatic rings. The van der Waals surface area contributed by atoms with Gasteiger partial charge in [-0.15, -0.1) is 23.7 Å². The van der Waals surface area contributed by atoms with E-state index < -0.39 is 0 Å². The van der Waals surface area contributed by atoms with E-state index in [0.29, 0.717) is 11.2 Å². The first-order valence-corrected chi connectivity index (χ1v) is 8.03. The molecule has 1 aromatic heterocycles. The van der Waals surface area contributed by atoms with Gasteiger partial charge in [-0.05, 0) is 37.1 Å². The summed E-state index contributed by atoms with van der Waals surface area (Å²) in [6, 6.07) is 9.20. The molecule has 0 amide bonds. The van der Waals surface area contributed by atoms with E-state index in [1.54, 1.807) is 11.3 Å². The molecule has 1 saturated heterocycles. The first-order valence-electron chi connectivity index (χ1n) is 6.42. The standard InChI is InChI=1S/C14H16BrN3S.ClH/c15-11-5-3-10(4-6-11)13-2-1-7-18(13)9-12-8-17-14(16)19-12;/h3-6,8,13H,1-2,7,9H2,(H2,16,17);1H. The van der Waals surface area contributed by atoms with Gasteiger partial charge in [0.1, 0.15) is 0 Å². The Morgan fingerprint density at radius 2 is 2.10 bits per heavy atom. The largest absolute Gasteiger partial charge is 0.375 e. The molecule has 1 aromatic carbocycles. The number of halogens is 2. The van der Waals surface area contributed by atoms with Gasteiger partial charge in [0, 0.05) is 28.1 Å². The Morgan fingerprint density at radius 1 is 1.35 bits per heavy atom. The number of anilines is 1. The van der Waals surface area contributed by atoms with E-state index in [0.717, 1.165) is 17.6 Å². The van der Waals surface area contributed by atoms with Gasteiger partial charge < -0.3 is 5.73 Å². The highest BCUT2D eigenvalue weighted by atomic mass is 79.9. The van der Waals surface area contributed by atoms with Crippen LogP contribution in [0.15, 0.2) is 34.9 Å². The highest BCUT2D eigenvalue weighted by Crippen LogP contribution is 2.34. The summed E-state index contributed by atoms with van der Waals surface area (Å²) in [6.07, 6.45) is 4.39. The van der Waals surface area contributed by atoms with Crippen LogP contribution >= 0.6 is 39.7 Å². The third-order valence-electron chi connectivity index (χ3n) is 3.55. The summed E-state index contributed by atoms with van der Waals surface area (Å²) in [5, 5.41) is 0.661. The molecule has 2 N–H and O–H groups in total. The van der Waals surface area contributed by atoms with Crippen LogP contribution in [0, 0.1) is 0 Å². The second-order valence-corrected chi connectivity index (χ2v) is 6.91. The molecule has 0 saturated carbocycles. The molecule has 20 heavy (non-hydrogen) atoms. The molecule has 1 aliphatic heterocycles. The average Bonchev–Trinajstić information content (AvgIpc) is 3.00. The van der Waals surface area contributed by atoms with Gasteiger partial charge in [0.15, 0.2) is 5.13 Å². The van der Waals surface area contributed by atoms with Crippen LogP contribution in [-0.4, -0.2) is 16.4 Å². The summed E-state index contributed by atoms with van der Waals surface area (Å²) in [4.78, 5) is 7.91. The number of thiazole rings is 1. The van der Waals surface area contributed by atoms with Gasteiger partial charge in [0.05, 0.1) is 0 Å². The lowest BCUT2D eigenvalue weighted by atomic mass is 10.0. The number of rotatable bonds is 3. The van der Waals surface area contributed by atoms with E-state index in [-0.39, 0.29) is 12.4 Å². The first-order chi connectivity index (χ1) is 9.22. The van der Waals surface area contributed by atoms with Crippen LogP contribution in [0.3, 0.4) is 0 Å². The van der Waals surface area contributed by atoms with Crippen molar-refractivity contribution in [3.05, 3.63) is 45.4 Å². The smallest absolute Gasteiger partial charge is 0.180 e. The van der Waals surface area contributed by atoms with Gasteiger partial charge in [0.25, 0.3) is 0 Å². The second kappa shape index (κ2) is 6.89. The van der Waals surface area contributed by atoms with E-state index in [2.05, 4.69) is 50.1 Å².